The van der Waals surface area contributed by atoms with Crippen molar-refractivity contribution in [2.75, 3.05) is 47.4 Å². The van der Waals surface area contributed by atoms with Gasteiger partial charge in [-0.2, -0.15) is 0 Å². The first kappa shape index (κ1) is 49.7. The molecule has 2 aromatic carbocycles. The molecule has 0 bridgehead atoms. The number of carbonyl (C=O) groups is 4. The fraction of sp³-hybridized carbons (Fsp3) is 0.250. The molecule has 71 heavy (non-hydrogen) atoms. The number of nitrogens with zero attached hydrogens (tertiary/aromatic N) is 10. The van der Waals surface area contributed by atoms with E-state index in [0.29, 0.717) is 107 Å². The number of pyridine rings is 2. The maximum atomic E-state index is 13.3. The summed E-state index contributed by atoms with van der Waals surface area (Å²) >= 11 is 0. The fourth-order valence-electron chi connectivity index (χ4n) is 7.03. The number of benzene rings is 2. The van der Waals surface area contributed by atoms with Gasteiger partial charge in [-0.1, -0.05) is 30.7 Å². The van der Waals surface area contributed by atoms with Crippen LogP contribution in [0.5, 0.6) is 0 Å². The zero-order valence-corrected chi connectivity index (χ0v) is 38.2. The first-order valence-corrected chi connectivity index (χ1v) is 22.3. The van der Waals surface area contributed by atoms with Crippen molar-refractivity contribution >= 4 is 68.7 Å². The molecule has 0 spiro atoms. The number of hydrogen-bond donors (Lipinski definition) is 7. The van der Waals surface area contributed by atoms with Gasteiger partial charge in [-0.25, -0.2) is 29.2 Å². The predicted octanol–water partition coefficient (Wildman–Crippen LogP) is 3.89. The Labute approximate surface area is 405 Å². The maximum Gasteiger partial charge on any atom is 0.242 e. The molecule has 8 aromatic rings. The van der Waals surface area contributed by atoms with Crippen LogP contribution in [0.4, 0.5) is 23.3 Å². The molecule has 0 fully saturated rings. The Balaban J connectivity index is 0.000000211. The highest BCUT2D eigenvalue weighted by atomic mass is 16.6. The lowest BCUT2D eigenvalue weighted by Gasteiger charge is -2.12. The highest BCUT2D eigenvalue weighted by Crippen LogP contribution is 2.30. The third kappa shape index (κ3) is 12.5. The molecule has 0 saturated heterocycles. The summed E-state index contributed by atoms with van der Waals surface area (Å²) < 4.78 is 13.4. The lowest BCUT2D eigenvalue weighted by Crippen LogP contribution is -2.35. The van der Waals surface area contributed by atoms with E-state index in [1.807, 2.05) is 48.5 Å². The summed E-state index contributed by atoms with van der Waals surface area (Å²) in [6.45, 7) is 1.30. The second-order valence-electron chi connectivity index (χ2n) is 15.5. The van der Waals surface area contributed by atoms with Gasteiger partial charge in [0.05, 0.1) is 47.7 Å². The van der Waals surface area contributed by atoms with Gasteiger partial charge in [0.25, 0.3) is 0 Å². The summed E-state index contributed by atoms with van der Waals surface area (Å²) in [5.41, 5.74) is 21.0. The molecule has 10 N–H and O–H groups in total. The molecule has 2 amide bonds. The van der Waals surface area contributed by atoms with Gasteiger partial charge >= 0.3 is 0 Å². The number of fused-ring (bicyclic) bond motifs is 2. The number of aromatic nitrogens is 10. The summed E-state index contributed by atoms with van der Waals surface area (Å²) in [5, 5.41) is 27.2. The molecule has 362 valence electrons. The number of carbonyl (C=O) groups excluding carboxylic acids is 4. The van der Waals surface area contributed by atoms with Gasteiger partial charge < -0.3 is 47.6 Å². The van der Waals surface area contributed by atoms with Crippen molar-refractivity contribution in [1.82, 2.24) is 49.7 Å². The topological polar surface area (TPSA) is 334 Å². The number of imidazole rings is 2. The summed E-state index contributed by atoms with van der Waals surface area (Å²) in [6.07, 6.45) is 16.5. The van der Waals surface area contributed by atoms with E-state index in [9.17, 15) is 19.2 Å². The van der Waals surface area contributed by atoms with Crippen LogP contribution in [0.3, 0.4) is 0 Å². The minimum Gasteiger partial charge on any atom is -0.364 e. The van der Waals surface area contributed by atoms with Crippen LogP contribution in [0.15, 0.2) is 94.4 Å². The van der Waals surface area contributed by atoms with Crippen LogP contribution < -0.4 is 38.5 Å². The van der Waals surface area contributed by atoms with Gasteiger partial charge in [0.15, 0.2) is 34.6 Å². The molecule has 0 aliphatic rings. The number of ketones is 2. The molecule has 6 aromatic heterocycles. The second-order valence-corrected chi connectivity index (χ2v) is 15.5. The molecule has 0 radical (unpaired) electrons. The molecule has 0 aliphatic heterocycles. The molecule has 0 aliphatic carbocycles. The Morgan fingerprint density at radius 3 is 1.59 bits per heavy atom. The number of rotatable bonds is 22. The number of anilines is 4. The van der Waals surface area contributed by atoms with E-state index in [0.717, 1.165) is 23.9 Å². The Bertz CT molecular complexity index is 3200. The average Bonchev–Trinajstić information content (AvgIpc) is 4.21. The molecule has 1 atom stereocenters. The van der Waals surface area contributed by atoms with Crippen molar-refractivity contribution < 1.29 is 28.4 Å². The number of nitrogens with two attached hydrogens (primary N) is 3. The third-order valence-corrected chi connectivity index (χ3v) is 10.6. The number of amides is 2. The minimum atomic E-state index is -0.658. The van der Waals surface area contributed by atoms with Crippen LogP contribution in [0.2, 0.25) is 0 Å². The van der Waals surface area contributed by atoms with E-state index in [1.54, 1.807) is 33.4 Å². The van der Waals surface area contributed by atoms with Crippen LogP contribution >= 0.6 is 0 Å². The van der Waals surface area contributed by atoms with Crippen molar-refractivity contribution in [1.29, 1.82) is 0 Å². The first-order chi connectivity index (χ1) is 34.6. The summed E-state index contributed by atoms with van der Waals surface area (Å²) in [5.74, 6) is 6.20. The zero-order chi connectivity index (χ0) is 50.1. The van der Waals surface area contributed by atoms with Crippen LogP contribution in [-0.2, 0) is 22.7 Å². The van der Waals surface area contributed by atoms with Gasteiger partial charge in [0.2, 0.25) is 23.5 Å². The van der Waals surface area contributed by atoms with E-state index in [-0.39, 0.29) is 43.0 Å². The molecule has 8 rings (SSSR count). The quantitative estimate of drug-likeness (QED) is 0.0288. The SMILES string of the molecule is C#CCCNc1nonc1-c1nc2ccccc2n1CC(=O)c1ccc(NC(=O)CN)nc1.C#CCCNc1nonc1-c1nc2ccccc2n1CC(=O)c1ccc(NC(=O)[C@@H](N)CCCCN)nc1. The van der Waals surface area contributed by atoms with Crippen LogP contribution in [0, 0.1) is 24.7 Å². The molecule has 23 nitrogen and oxygen atoms in total. The predicted molar refractivity (Wildman–Crippen MR) is 264 cm³/mol. The van der Waals surface area contributed by atoms with Gasteiger partial charge in [-0.15, -0.1) is 24.7 Å². The fourth-order valence-corrected chi connectivity index (χ4v) is 7.03. The van der Waals surface area contributed by atoms with Gasteiger partial charge in [-0.05, 0) is 88.5 Å². The molecular formula is C48H49N17O6. The lowest BCUT2D eigenvalue weighted by molar-refractivity contribution is -0.117. The van der Waals surface area contributed by atoms with Crippen LogP contribution in [0.25, 0.3) is 45.1 Å². The second kappa shape index (κ2) is 24.2. The molecule has 0 saturated carbocycles. The van der Waals surface area contributed by atoms with Gasteiger partial charge in [-0.3, -0.25) is 19.2 Å². The van der Waals surface area contributed by atoms with E-state index in [1.165, 1.54) is 12.4 Å². The van der Waals surface area contributed by atoms with Crippen LogP contribution in [0.1, 0.15) is 52.8 Å². The molecule has 6 heterocycles. The lowest BCUT2D eigenvalue weighted by atomic mass is 10.1. The van der Waals surface area contributed by atoms with Gasteiger partial charge in [0, 0.05) is 49.5 Å². The van der Waals surface area contributed by atoms with E-state index in [2.05, 4.69) is 73.7 Å². The van der Waals surface area contributed by atoms with E-state index in [4.69, 9.17) is 39.3 Å². The molecule has 0 unspecified atom stereocenters. The Kier molecular flexibility index (Phi) is 17.0. The van der Waals surface area contributed by atoms with Crippen molar-refractivity contribution in [2.24, 2.45) is 17.2 Å². The van der Waals surface area contributed by atoms with Crippen molar-refractivity contribution in [3.05, 3.63) is 96.3 Å². The number of unbranched alkanes of at least 4 members (excludes halogenated alkanes) is 1. The Morgan fingerprint density at radius 1 is 0.648 bits per heavy atom. The maximum absolute atomic E-state index is 13.3. The van der Waals surface area contributed by atoms with Crippen LogP contribution in [-0.4, -0.2) is 105 Å². The molecular weight excluding hydrogens is 911 g/mol. The van der Waals surface area contributed by atoms with E-state index < -0.39 is 6.04 Å². The number of nitrogens with one attached hydrogen (secondary N) is 4. The van der Waals surface area contributed by atoms with Gasteiger partial charge in [0.1, 0.15) is 11.6 Å². The standard InChI is InChI=1S/C26H29N9O3.C22H20N8O3/c1-2-3-14-29-24-23(33-38-34-24)25-31-19-9-4-5-10-20(19)35(25)16-21(36)17-11-12-22(30-15-17)32-26(37)18(28)8-6-7-13-27;1-2-3-10-24-21-20(28-33-29-21)22-26-15-6-4-5-7-16(15)30(22)13-17(31)14-8-9-18(25-12-14)27-19(32)11-23/h1,4-5,9-12,15,18H,3,6-8,13-14,16,27-28H2,(H,29,34)(H,30,32,37);1,4-9,12H,3,10-11,13,23H2,(H,24,29)(H,25,27,32)/t18-;/m0./s1. The highest BCUT2D eigenvalue weighted by Gasteiger charge is 2.24. The van der Waals surface area contributed by atoms with Crippen molar-refractivity contribution in [3.8, 4) is 47.7 Å². The molecule has 23 heteroatoms. The number of hydrogen-bond acceptors (Lipinski definition) is 19. The zero-order valence-electron chi connectivity index (χ0n) is 38.2. The summed E-state index contributed by atoms with van der Waals surface area (Å²) in [6, 6.07) is 20.5. The first-order valence-electron chi connectivity index (χ1n) is 22.3. The highest BCUT2D eigenvalue weighted by molar-refractivity contribution is 5.99. The Morgan fingerprint density at radius 2 is 1.14 bits per heavy atom. The number of terminal acetylenes is 2. The minimum absolute atomic E-state index is 0.0251. The normalized spacial score (nSPS) is 11.2. The smallest absolute Gasteiger partial charge is 0.242 e. The third-order valence-electron chi connectivity index (χ3n) is 10.6. The van der Waals surface area contributed by atoms with Crippen molar-refractivity contribution in [3.63, 3.8) is 0 Å². The largest absolute Gasteiger partial charge is 0.364 e. The van der Waals surface area contributed by atoms with Crippen molar-refractivity contribution in [2.45, 2.75) is 51.2 Å². The Hall–Kier alpha value is -9.16. The van der Waals surface area contributed by atoms with E-state index >= 15 is 0 Å². The summed E-state index contributed by atoms with van der Waals surface area (Å²) in [4.78, 5) is 67.7. The summed E-state index contributed by atoms with van der Waals surface area (Å²) in [7, 11) is 0. The number of Topliss-reactive ketones (excluding diaryl/α,β-unsaturated/α-hetero) is 2. The average molecular weight is 960 g/mol. The monoisotopic (exact) mass is 959 g/mol. The number of para-hydroxylation sites is 4.